The molecule has 0 heterocycles. The first-order valence-corrected chi connectivity index (χ1v) is 6.46. The van der Waals surface area contributed by atoms with E-state index in [0.717, 1.165) is 5.56 Å². The summed E-state index contributed by atoms with van der Waals surface area (Å²) in [6, 6.07) is 4.51. The van der Waals surface area contributed by atoms with Gasteiger partial charge in [-0.15, -0.1) is 0 Å². The standard InChI is InChI=1S/C14H20ClFO2/c1-10(2)6-14(8-17,9-18)7-11-3-4-13(16)12(15)5-11/h3-5,10,17-18H,6-9H2,1-2H3. The van der Waals surface area contributed by atoms with Gasteiger partial charge in [0.1, 0.15) is 5.82 Å². The van der Waals surface area contributed by atoms with Gasteiger partial charge in [-0.2, -0.15) is 0 Å². The Hall–Kier alpha value is -0.640. The van der Waals surface area contributed by atoms with Crippen LogP contribution in [-0.4, -0.2) is 23.4 Å². The molecule has 0 spiro atoms. The molecule has 0 bridgehead atoms. The van der Waals surface area contributed by atoms with Crippen LogP contribution in [0.25, 0.3) is 0 Å². The first-order valence-electron chi connectivity index (χ1n) is 6.08. The van der Waals surface area contributed by atoms with E-state index in [0.29, 0.717) is 18.8 Å². The van der Waals surface area contributed by atoms with E-state index < -0.39 is 11.2 Å². The molecule has 0 aliphatic carbocycles. The molecule has 0 radical (unpaired) electrons. The summed E-state index contributed by atoms with van der Waals surface area (Å²) in [6.07, 6.45) is 1.19. The van der Waals surface area contributed by atoms with Crippen LogP contribution in [0.3, 0.4) is 0 Å². The van der Waals surface area contributed by atoms with E-state index in [1.54, 1.807) is 12.1 Å². The van der Waals surface area contributed by atoms with Gasteiger partial charge in [-0.25, -0.2) is 4.39 Å². The summed E-state index contributed by atoms with van der Waals surface area (Å²) < 4.78 is 13.1. The average Bonchev–Trinajstić information content (AvgIpc) is 2.32. The molecule has 0 saturated heterocycles. The number of rotatable bonds is 6. The van der Waals surface area contributed by atoms with Gasteiger partial charge in [0.2, 0.25) is 0 Å². The zero-order valence-corrected chi connectivity index (χ0v) is 11.5. The second-order valence-corrected chi connectivity index (χ2v) is 5.75. The number of halogens is 2. The number of benzene rings is 1. The van der Waals surface area contributed by atoms with E-state index in [2.05, 4.69) is 0 Å². The third-order valence-electron chi connectivity index (χ3n) is 3.08. The lowest BCUT2D eigenvalue weighted by Crippen LogP contribution is -2.34. The number of hydrogen-bond donors (Lipinski definition) is 2. The Bertz CT molecular complexity index is 389. The van der Waals surface area contributed by atoms with Crippen LogP contribution in [0, 0.1) is 17.2 Å². The lowest BCUT2D eigenvalue weighted by molar-refractivity contribution is 0.0369. The van der Waals surface area contributed by atoms with Gasteiger partial charge in [0, 0.05) is 5.41 Å². The van der Waals surface area contributed by atoms with Crippen molar-refractivity contribution in [2.24, 2.45) is 11.3 Å². The molecule has 1 rings (SSSR count). The van der Waals surface area contributed by atoms with Crippen molar-refractivity contribution in [1.29, 1.82) is 0 Å². The van der Waals surface area contributed by atoms with E-state index in [-0.39, 0.29) is 18.2 Å². The highest BCUT2D eigenvalue weighted by atomic mass is 35.5. The second kappa shape index (κ2) is 6.50. The second-order valence-electron chi connectivity index (χ2n) is 5.34. The SMILES string of the molecule is CC(C)CC(CO)(CO)Cc1ccc(F)c(Cl)c1. The molecule has 102 valence electrons. The fourth-order valence-electron chi connectivity index (χ4n) is 2.31. The Kier molecular flexibility index (Phi) is 5.57. The maximum absolute atomic E-state index is 13.1. The molecule has 2 N–H and O–H groups in total. The summed E-state index contributed by atoms with van der Waals surface area (Å²) >= 11 is 5.73. The molecular formula is C14H20ClFO2. The molecule has 0 amide bonds. The largest absolute Gasteiger partial charge is 0.396 e. The third kappa shape index (κ3) is 3.94. The van der Waals surface area contributed by atoms with Crippen molar-refractivity contribution in [1.82, 2.24) is 0 Å². The minimum Gasteiger partial charge on any atom is -0.396 e. The van der Waals surface area contributed by atoms with Gasteiger partial charge in [0.05, 0.1) is 18.2 Å². The lowest BCUT2D eigenvalue weighted by Gasteiger charge is -2.31. The Morgan fingerprint density at radius 3 is 2.33 bits per heavy atom. The van der Waals surface area contributed by atoms with Gasteiger partial charge in [0.25, 0.3) is 0 Å². The Labute approximate surface area is 112 Å². The van der Waals surface area contributed by atoms with Crippen molar-refractivity contribution in [3.63, 3.8) is 0 Å². The summed E-state index contributed by atoms with van der Waals surface area (Å²) in [6.45, 7) is 3.88. The van der Waals surface area contributed by atoms with Crippen LogP contribution < -0.4 is 0 Å². The summed E-state index contributed by atoms with van der Waals surface area (Å²) in [5.41, 5.74) is 0.250. The smallest absolute Gasteiger partial charge is 0.141 e. The fraction of sp³-hybridized carbons (Fsp3) is 0.571. The topological polar surface area (TPSA) is 40.5 Å². The minimum atomic E-state index is -0.574. The van der Waals surface area contributed by atoms with Crippen LogP contribution in [0.1, 0.15) is 25.8 Å². The van der Waals surface area contributed by atoms with Crippen molar-refractivity contribution in [3.05, 3.63) is 34.6 Å². The van der Waals surface area contributed by atoms with Crippen LogP contribution in [0.4, 0.5) is 4.39 Å². The molecule has 0 fully saturated rings. The highest BCUT2D eigenvalue weighted by Crippen LogP contribution is 2.31. The molecule has 1 aromatic carbocycles. The molecule has 0 saturated carbocycles. The summed E-state index contributed by atoms with van der Waals surface area (Å²) in [5.74, 6) is -0.0944. The van der Waals surface area contributed by atoms with Gasteiger partial charge in [-0.05, 0) is 36.5 Å². The predicted octanol–water partition coefficient (Wildman–Crippen LogP) is 3.04. The third-order valence-corrected chi connectivity index (χ3v) is 3.36. The number of hydrogen-bond acceptors (Lipinski definition) is 2. The van der Waals surface area contributed by atoms with Crippen LogP contribution in [-0.2, 0) is 6.42 Å². The number of aliphatic hydroxyl groups excluding tert-OH is 2. The molecule has 0 unspecified atom stereocenters. The van der Waals surface area contributed by atoms with E-state index in [1.165, 1.54) is 6.07 Å². The number of aliphatic hydroxyl groups is 2. The van der Waals surface area contributed by atoms with E-state index in [1.807, 2.05) is 13.8 Å². The van der Waals surface area contributed by atoms with Crippen molar-refractivity contribution < 1.29 is 14.6 Å². The van der Waals surface area contributed by atoms with Gasteiger partial charge >= 0.3 is 0 Å². The molecular weight excluding hydrogens is 255 g/mol. The van der Waals surface area contributed by atoms with Crippen LogP contribution in [0.5, 0.6) is 0 Å². The molecule has 0 aliphatic rings. The van der Waals surface area contributed by atoms with Crippen LogP contribution >= 0.6 is 11.6 Å². The molecule has 0 atom stereocenters. The Balaban J connectivity index is 2.92. The zero-order chi connectivity index (χ0) is 13.8. The lowest BCUT2D eigenvalue weighted by atomic mass is 9.76. The monoisotopic (exact) mass is 274 g/mol. The van der Waals surface area contributed by atoms with Gasteiger partial charge in [-0.3, -0.25) is 0 Å². The van der Waals surface area contributed by atoms with Crippen molar-refractivity contribution in [3.8, 4) is 0 Å². The molecule has 2 nitrogen and oxygen atoms in total. The molecule has 18 heavy (non-hydrogen) atoms. The van der Waals surface area contributed by atoms with E-state index >= 15 is 0 Å². The summed E-state index contributed by atoms with van der Waals surface area (Å²) in [7, 11) is 0. The molecule has 1 aromatic rings. The predicted molar refractivity (Wildman–Crippen MR) is 71.2 cm³/mol. The highest BCUT2D eigenvalue weighted by molar-refractivity contribution is 6.30. The van der Waals surface area contributed by atoms with Crippen molar-refractivity contribution >= 4 is 11.6 Å². The Morgan fingerprint density at radius 1 is 1.28 bits per heavy atom. The van der Waals surface area contributed by atoms with Crippen LogP contribution in [0.2, 0.25) is 5.02 Å². The average molecular weight is 275 g/mol. The molecule has 0 aromatic heterocycles. The minimum absolute atomic E-state index is 0.0711. The van der Waals surface area contributed by atoms with Gasteiger partial charge in [-0.1, -0.05) is 31.5 Å². The highest BCUT2D eigenvalue weighted by Gasteiger charge is 2.30. The van der Waals surface area contributed by atoms with E-state index in [9.17, 15) is 14.6 Å². The first kappa shape index (κ1) is 15.4. The Morgan fingerprint density at radius 2 is 1.89 bits per heavy atom. The zero-order valence-electron chi connectivity index (χ0n) is 10.8. The first-order chi connectivity index (χ1) is 8.42. The van der Waals surface area contributed by atoms with Gasteiger partial charge in [0.15, 0.2) is 0 Å². The summed E-state index contributed by atoms with van der Waals surface area (Å²) in [4.78, 5) is 0. The maximum Gasteiger partial charge on any atom is 0.141 e. The van der Waals surface area contributed by atoms with Gasteiger partial charge < -0.3 is 10.2 Å². The van der Waals surface area contributed by atoms with Crippen LogP contribution in [0.15, 0.2) is 18.2 Å². The van der Waals surface area contributed by atoms with Crippen molar-refractivity contribution in [2.75, 3.05) is 13.2 Å². The maximum atomic E-state index is 13.1. The molecule has 0 aliphatic heterocycles. The normalized spacial score (nSPS) is 12.2. The van der Waals surface area contributed by atoms with E-state index in [4.69, 9.17) is 11.6 Å². The van der Waals surface area contributed by atoms with Crippen molar-refractivity contribution in [2.45, 2.75) is 26.7 Å². The quantitative estimate of drug-likeness (QED) is 0.837. The summed E-state index contributed by atoms with van der Waals surface area (Å²) in [5, 5.41) is 19.2. The fourth-order valence-corrected chi connectivity index (χ4v) is 2.51. The molecule has 4 heteroatoms.